The minimum absolute atomic E-state index is 0.323. The highest BCUT2D eigenvalue weighted by atomic mass is 16.5. The fourth-order valence-electron chi connectivity index (χ4n) is 2.30. The van der Waals surface area contributed by atoms with E-state index in [1.165, 1.54) is 0 Å². The lowest BCUT2D eigenvalue weighted by atomic mass is 9.99. The smallest absolute Gasteiger partial charge is 0.243 e. The van der Waals surface area contributed by atoms with Crippen molar-refractivity contribution >= 4 is 22.6 Å². The fourth-order valence-corrected chi connectivity index (χ4v) is 2.30. The van der Waals surface area contributed by atoms with Gasteiger partial charge in [-0.25, -0.2) is 0 Å². The summed E-state index contributed by atoms with van der Waals surface area (Å²) in [5.74, 6) is -0.246. The summed E-state index contributed by atoms with van der Waals surface area (Å²) in [6.07, 6.45) is 2.20. The number of nitrogens with one attached hydrogen (secondary N) is 2. The number of nitrogens with zero attached hydrogens (tertiary/aromatic N) is 2. The number of nitriles is 1. The number of fused-ring (bicyclic) bond motifs is 1. The molecule has 1 atom stereocenters. The van der Waals surface area contributed by atoms with Crippen molar-refractivity contribution in [2.45, 2.75) is 13.3 Å². The predicted octanol–water partition coefficient (Wildman–Crippen LogP) is 2.79. The minimum atomic E-state index is -0.784. The first kappa shape index (κ1) is 13.9. The van der Waals surface area contributed by atoms with Gasteiger partial charge in [-0.15, -0.1) is 0 Å². The van der Waals surface area contributed by atoms with Gasteiger partial charge in [-0.05, 0) is 42.5 Å². The molecule has 3 aromatic rings. The Morgan fingerprint density at radius 3 is 3.05 bits per heavy atom. The first-order valence-electron chi connectivity index (χ1n) is 6.85. The second-order valence-corrected chi connectivity index (χ2v) is 5.10. The predicted molar refractivity (Wildman–Crippen MR) is 81.0 cm³/mol. The van der Waals surface area contributed by atoms with Gasteiger partial charge >= 0.3 is 0 Å². The number of anilines is 1. The van der Waals surface area contributed by atoms with Crippen molar-refractivity contribution in [1.29, 1.82) is 5.26 Å². The summed E-state index contributed by atoms with van der Waals surface area (Å²) in [4.78, 5) is 15.3. The summed E-state index contributed by atoms with van der Waals surface area (Å²) in [6, 6.07) is 11.4. The molecule has 1 amide bonds. The van der Waals surface area contributed by atoms with Crippen molar-refractivity contribution in [1.82, 2.24) is 10.1 Å². The van der Waals surface area contributed by atoms with E-state index < -0.39 is 5.92 Å². The molecule has 0 unspecified atom stereocenters. The molecule has 0 spiro atoms. The highest BCUT2D eigenvalue weighted by Crippen LogP contribution is 2.18. The average molecular weight is 294 g/mol. The lowest BCUT2D eigenvalue weighted by molar-refractivity contribution is -0.118. The lowest BCUT2D eigenvalue weighted by Gasteiger charge is -2.08. The van der Waals surface area contributed by atoms with Crippen LogP contribution in [0.3, 0.4) is 0 Å². The second kappa shape index (κ2) is 5.74. The van der Waals surface area contributed by atoms with E-state index in [2.05, 4.69) is 15.5 Å². The fraction of sp³-hybridized carbons (Fsp3) is 0.188. The largest absolute Gasteiger partial charge is 0.361 e. The monoisotopic (exact) mass is 294 g/mol. The van der Waals surface area contributed by atoms with E-state index in [9.17, 15) is 10.1 Å². The van der Waals surface area contributed by atoms with Gasteiger partial charge in [-0.3, -0.25) is 4.79 Å². The molecule has 0 saturated heterocycles. The molecule has 1 aromatic carbocycles. The van der Waals surface area contributed by atoms with Gasteiger partial charge in [0, 0.05) is 17.8 Å². The Balaban J connectivity index is 1.73. The molecule has 6 heteroatoms. The molecule has 0 bridgehead atoms. The van der Waals surface area contributed by atoms with Crippen molar-refractivity contribution in [3.05, 3.63) is 47.9 Å². The average Bonchev–Trinajstić information content (AvgIpc) is 3.12. The number of benzene rings is 1. The van der Waals surface area contributed by atoms with Crippen LogP contribution in [0.5, 0.6) is 0 Å². The van der Waals surface area contributed by atoms with Crippen molar-refractivity contribution in [3.8, 4) is 6.07 Å². The molecule has 0 aliphatic carbocycles. The molecule has 0 aliphatic rings. The van der Waals surface area contributed by atoms with Crippen molar-refractivity contribution in [2.24, 2.45) is 5.92 Å². The number of aromatic nitrogens is 2. The van der Waals surface area contributed by atoms with Crippen molar-refractivity contribution in [2.75, 3.05) is 5.32 Å². The molecule has 22 heavy (non-hydrogen) atoms. The molecular weight excluding hydrogens is 280 g/mol. The van der Waals surface area contributed by atoms with E-state index >= 15 is 0 Å². The van der Waals surface area contributed by atoms with E-state index in [0.29, 0.717) is 18.0 Å². The molecular formula is C16H14N4O2. The third-order valence-corrected chi connectivity index (χ3v) is 3.41. The van der Waals surface area contributed by atoms with Crippen LogP contribution in [0.1, 0.15) is 11.3 Å². The zero-order valence-corrected chi connectivity index (χ0v) is 12.0. The summed E-state index contributed by atoms with van der Waals surface area (Å²) in [6.45, 7) is 1.73. The van der Waals surface area contributed by atoms with Crippen molar-refractivity contribution in [3.63, 3.8) is 0 Å². The molecule has 0 saturated carbocycles. The maximum atomic E-state index is 12.1. The molecule has 110 valence electrons. The Labute approximate surface area is 126 Å². The van der Waals surface area contributed by atoms with Crippen LogP contribution in [0.4, 0.5) is 5.82 Å². The Bertz CT molecular complexity index is 856. The summed E-state index contributed by atoms with van der Waals surface area (Å²) >= 11 is 0. The number of amides is 1. The zero-order valence-electron chi connectivity index (χ0n) is 12.0. The highest BCUT2D eigenvalue weighted by Gasteiger charge is 2.20. The third-order valence-electron chi connectivity index (χ3n) is 3.41. The normalized spacial score (nSPS) is 12.0. The number of hydrogen-bond acceptors (Lipinski definition) is 4. The van der Waals surface area contributed by atoms with Gasteiger partial charge in [-0.2, -0.15) is 5.26 Å². The standard InChI is InChI=1S/C16H14N4O2/c1-10-6-15(20-22-10)19-16(21)13(9-17)8-11-2-3-14-12(7-11)4-5-18-14/h2-7,13,18H,8H2,1H3,(H,19,20,21)/t13-/m0/s1. The van der Waals surface area contributed by atoms with Crippen LogP contribution in [-0.4, -0.2) is 16.0 Å². The summed E-state index contributed by atoms with van der Waals surface area (Å²) in [7, 11) is 0. The topological polar surface area (TPSA) is 94.7 Å². The number of carbonyl (C=O) groups excluding carboxylic acids is 1. The zero-order chi connectivity index (χ0) is 15.5. The van der Waals surface area contributed by atoms with Gasteiger partial charge < -0.3 is 14.8 Å². The molecule has 0 radical (unpaired) electrons. The van der Waals surface area contributed by atoms with E-state index in [1.807, 2.05) is 36.5 Å². The maximum Gasteiger partial charge on any atom is 0.243 e. The summed E-state index contributed by atoms with van der Waals surface area (Å²) in [5.41, 5.74) is 1.96. The number of H-pyrrole nitrogens is 1. The second-order valence-electron chi connectivity index (χ2n) is 5.10. The third kappa shape index (κ3) is 2.83. The van der Waals surface area contributed by atoms with E-state index in [-0.39, 0.29) is 5.91 Å². The minimum Gasteiger partial charge on any atom is -0.361 e. The van der Waals surface area contributed by atoms with Gasteiger partial charge in [0.05, 0.1) is 6.07 Å². The quantitative estimate of drug-likeness (QED) is 0.773. The number of hydrogen-bond donors (Lipinski definition) is 2. The SMILES string of the molecule is Cc1cc(NC(=O)[C@H](C#N)Cc2ccc3[nH]ccc3c2)no1. The summed E-state index contributed by atoms with van der Waals surface area (Å²) < 4.78 is 4.89. The number of carbonyl (C=O) groups is 1. The maximum absolute atomic E-state index is 12.1. The van der Waals surface area contributed by atoms with Crippen LogP contribution in [-0.2, 0) is 11.2 Å². The van der Waals surface area contributed by atoms with Crippen LogP contribution in [0.25, 0.3) is 10.9 Å². The molecule has 2 N–H and O–H groups in total. The summed E-state index contributed by atoms with van der Waals surface area (Å²) in [5, 5.41) is 16.6. The molecule has 6 nitrogen and oxygen atoms in total. The number of aromatic amines is 1. The van der Waals surface area contributed by atoms with Gasteiger partial charge in [-0.1, -0.05) is 11.2 Å². The van der Waals surface area contributed by atoms with Crippen LogP contribution in [0.2, 0.25) is 0 Å². The van der Waals surface area contributed by atoms with Gasteiger partial charge in [0.15, 0.2) is 5.82 Å². The van der Waals surface area contributed by atoms with Gasteiger partial charge in [0.25, 0.3) is 0 Å². The Morgan fingerprint density at radius 2 is 2.32 bits per heavy atom. The lowest BCUT2D eigenvalue weighted by Crippen LogP contribution is -2.23. The first-order valence-corrected chi connectivity index (χ1v) is 6.85. The first-order chi connectivity index (χ1) is 10.7. The molecule has 2 aromatic heterocycles. The Hall–Kier alpha value is -3.07. The van der Waals surface area contributed by atoms with Gasteiger partial charge in [0.2, 0.25) is 5.91 Å². The van der Waals surface area contributed by atoms with Crippen molar-refractivity contribution < 1.29 is 9.32 Å². The van der Waals surface area contributed by atoms with Crippen LogP contribution < -0.4 is 5.32 Å². The highest BCUT2D eigenvalue weighted by molar-refractivity contribution is 5.93. The molecule has 3 rings (SSSR count). The van der Waals surface area contributed by atoms with Crippen LogP contribution >= 0.6 is 0 Å². The van der Waals surface area contributed by atoms with E-state index in [0.717, 1.165) is 16.5 Å². The Kier molecular flexibility index (Phi) is 3.62. The van der Waals surface area contributed by atoms with Crippen LogP contribution in [0.15, 0.2) is 41.1 Å². The number of rotatable bonds is 4. The molecule has 0 fully saturated rings. The van der Waals surface area contributed by atoms with Gasteiger partial charge in [0.1, 0.15) is 11.7 Å². The van der Waals surface area contributed by atoms with E-state index in [1.54, 1.807) is 13.0 Å². The van der Waals surface area contributed by atoms with Crippen LogP contribution in [0, 0.1) is 24.2 Å². The Morgan fingerprint density at radius 1 is 1.45 bits per heavy atom. The number of aryl methyl sites for hydroxylation is 1. The molecule has 0 aliphatic heterocycles. The van der Waals surface area contributed by atoms with E-state index in [4.69, 9.17) is 4.52 Å². The molecule has 2 heterocycles.